The zero-order valence-electron chi connectivity index (χ0n) is 25.3. The summed E-state index contributed by atoms with van der Waals surface area (Å²) in [6.45, 7) is 4.36. The van der Waals surface area contributed by atoms with E-state index in [-0.39, 0.29) is 24.3 Å². The third kappa shape index (κ3) is 6.99. The molecule has 2 atom stereocenters. The fourth-order valence-corrected chi connectivity index (χ4v) is 7.26. The lowest BCUT2D eigenvalue weighted by atomic mass is 9.91. The highest BCUT2D eigenvalue weighted by Gasteiger charge is 2.42. The lowest BCUT2D eigenvalue weighted by Gasteiger charge is -2.38. The van der Waals surface area contributed by atoms with Crippen LogP contribution in [0.2, 0.25) is 0 Å². The second-order valence-corrected chi connectivity index (χ2v) is 12.5. The summed E-state index contributed by atoms with van der Waals surface area (Å²) in [6, 6.07) is 4.35. The van der Waals surface area contributed by atoms with Gasteiger partial charge in [0.15, 0.2) is 11.1 Å². The Morgan fingerprint density at radius 2 is 1.93 bits per heavy atom. The van der Waals surface area contributed by atoms with Crippen LogP contribution in [0.25, 0.3) is 5.70 Å². The predicted molar refractivity (Wildman–Crippen MR) is 163 cm³/mol. The number of aliphatic carboxylic acids is 1. The van der Waals surface area contributed by atoms with E-state index in [2.05, 4.69) is 32.4 Å². The first-order valence-corrected chi connectivity index (χ1v) is 15.7. The third-order valence-corrected chi connectivity index (χ3v) is 9.82. The van der Waals surface area contributed by atoms with Crippen LogP contribution >= 0.6 is 11.8 Å². The zero-order valence-corrected chi connectivity index (χ0v) is 26.1. The lowest BCUT2D eigenvalue weighted by molar-refractivity contribution is -0.164. The Labute approximate surface area is 263 Å². The highest BCUT2D eigenvalue weighted by molar-refractivity contribution is 8.04. The number of aromatic nitrogens is 2. The fourth-order valence-electron chi connectivity index (χ4n) is 6.10. The minimum Gasteiger partial charge on any atom is -0.496 e. The Balaban J connectivity index is 1.30. The van der Waals surface area contributed by atoms with Crippen molar-refractivity contribution in [2.75, 3.05) is 45.3 Å². The van der Waals surface area contributed by atoms with Crippen LogP contribution in [-0.2, 0) is 15.7 Å². The van der Waals surface area contributed by atoms with Crippen LogP contribution < -0.4 is 20.3 Å². The second-order valence-electron chi connectivity index (χ2n) is 11.3. The highest BCUT2D eigenvalue weighted by atomic mass is 32.2. The molecule has 0 bridgehead atoms. The minimum atomic E-state index is -4.61. The molecular weight excluding hydrogens is 613 g/mol. The molecule has 1 aromatic carbocycles. The maximum atomic E-state index is 13.9. The van der Waals surface area contributed by atoms with Gasteiger partial charge in [-0.05, 0) is 49.6 Å². The summed E-state index contributed by atoms with van der Waals surface area (Å²) in [5.41, 5.74) is -1.81. The van der Waals surface area contributed by atoms with Crippen molar-refractivity contribution in [2.45, 2.75) is 62.3 Å². The molecule has 11 nitrogen and oxygen atoms in total. The summed E-state index contributed by atoms with van der Waals surface area (Å²) in [6.07, 6.45) is 1.86. The van der Waals surface area contributed by atoms with E-state index in [9.17, 15) is 27.9 Å². The van der Waals surface area contributed by atoms with E-state index in [4.69, 9.17) is 9.47 Å². The molecule has 1 aromatic heterocycles. The van der Waals surface area contributed by atoms with Crippen molar-refractivity contribution in [3.05, 3.63) is 52.3 Å². The van der Waals surface area contributed by atoms with E-state index in [1.807, 2.05) is 4.90 Å². The van der Waals surface area contributed by atoms with Crippen LogP contribution in [-0.4, -0.2) is 89.4 Å². The number of carboxylic acid groups (broad SMARTS) is 1. The second kappa shape index (κ2) is 13.4. The first-order valence-electron chi connectivity index (χ1n) is 14.8. The van der Waals surface area contributed by atoms with Crippen molar-refractivity contribution >= 4 is 35.2 Å². The monoisotopic (exact) mass is 650 g/mol. The molecule has 5 rings (SSSR count). The number of anilines is 1. The van der Waals surface area contributed by atoms with Gasteiger partial charge in [0.1, 0.15) is 17.3 Å². The number of alkyl halides is 3. The SMILES string of the molecule is CCC1CCCN1CC1=C(c2ccc(OC)c(C(F)(F)F)c2)NC(NC(=O)c2cnc(N3CCC(OC)(C(=O)O)CC3)cn2)S1. The van der Waals surface area contributed by atoms with Gasteiger partial charge in [-0.2, -0.15) is 13.2 Å². The van der Waals surface area contributed by atoms with Gasteiger partial charge in [-0.25, -0.2) is 14.8 Å². The van der Waals surface area contributed by atoms with E-state index >= 15 is 0 Å². The van der Waals surface area contributed by atoms with Crippen LogP contribution in [0.4, 0.5) is 19.0 Å². The molecular formula is C30H37F3N6O5S. The van der Waals surface area contributed by atoms with E-state index in [0.29, 0.717) is 42.8 Å². The molecule has 2 saturated heterocycles. The summed E-state index contributed by atoms with van der Waals surface area (Å²) >= 11 is 1.36. The highest BCUT2D eigenvalue weighted by Crippen LogP contribution is 2.41. The summed E-state index contributed by atoms with van der Waals surface area (Å²) in [4.78, 5) is 38.6. The molecule has 0 radical (unpaired) electrons. The Kier molecular flexibility index (Phi) is 9.80. The average Bonchev–Trinajstić information content (AvgIpc) is 3.66. The third-order valence-electron chi connectivity index (χ3n) is 8.73. The maximum absolute atomic E-state index is 13.9. The van der Waals surface area contributed by atoms with Crippen molar-refractivity contribution in [1.29, 1.82) is 0 Å². The predicted octanol–water partition coefficient (Wildman–Crippen LogP) is 4.17. The number of likely N-dealkylation sites (tertiary alicyclic amines) is 1. The van der Waals surface area contributed by atoms with Crippen LogP contribution in [0.5, 0.6) is 5.75 Å². The number of methoxy groups -OCH3 is 2. The summed E-state index contributed by atoms with van der Waals surface area (Å²) in [7, 11) is 2.59. The quantitative estimate of drug-likeness (QED) is 0.343. The normalized spacial score (nSPS) is 22.0. The minimum absolute atomic E-state index is 0.0688. The van der Waals surface area contributed by atoms with Crippen molar-refractivity contribution < 1.29 is 37.3 Å². The van der Waals surface area contributed by atoms with Crippen molar-refractivity contribution in [3.8, 4) is 5.75 Å². The molecule has 3 N–H and O–H groups in total. The number of carbonyl (C=O) groups is 2. The van der Waals surface area contributed by atoms with E-state index in [1.54, 1.807) is 6.07 Å². The molecule has 45 heavy (non-hydrogen) atoms. The topological polar surface area (TPSA) is 129 Å². The lowest BCUT2D eigenvalue weighted by Crippen LogP contribution is -2.51. The number of rotatable bonds is 10. The number of thioether (sulfide) groups is 1. The Hall–Kier alpha value is -3.56. The number of halogens is 3. The molecule has 2 aromatic rings. The molecule has 2 unspecified atom stereocenters. The molecule has 1 amide bonds. The van der Waals surface area contributed by atoms with Gasteiger partial charge < -0.3 is 30.1 Å². The van der Waals surface area contributed by atoms with Gasteiger partial charge in [0.05, 0.1) is 30.8 Å². The van der Waals surface area contributed by atoms with Gasteiger partial charge >= 0.3 is 12.1 Å². The number of piperidine rings is 1. The molecule has 0 spiro atoms. The Bertz CT molecular complexity index is 1430. The molecule has 0 saturated carbocycles. The van der Waals surface area contributed by atoms with E-state index in [0.717, 1.165) is 36.8 Å². The number of amides is 1. The van der Waals surface area contributed by atoms with Crippen LogP contribution in [0.1, 0.15) is 60.6 Å². The summed E-state index contributed by atoms with van der Waals surface area (Å²) < 4.78 is 51.8. The number of nitrogens with one attached hydrogen (secondary N) is 2. The smallest absolute Gasteiger partial charge is 0.419 e. The molecule has 4 heterocycles. The van der Waals surface area contributed by atoms with Gasteiger partial charge in [0, 0.05) is 50.5 Å². The van der Waals surface area contributed by atoms with Crippen LogP contribution in [0.3, 0.4) is 0 Å². The van der Waals surface area contributed by atoms with Gasteiger partial charge in [-0.15, -0.1) is 0 Å². The molecule has 2 fully saturated rings. The van der Waals surface area contributed by atoms with Gasteiger partial charge in [0.25, 0.3) is 5.91 Å². The van der Waals surface area contributed by atoms with Crippen molar-refractivity contribution in [3.63, 3.8) is 0 Å². The first kappa shape index (κ1) is 32.8. The van der Waals surface area contributed by atoms with Gasteiger partial charge in [-0.3, -0.25) is 9.69 Å². The Morgan fingerprint density at radius 3 is 2.53 bits per heavy atom. The average molecular weight is 651 g/mol. The number of benzene rings is 1. The number of ether oxygens (including phenoxy) is 2. The Morgan fingerprint density at radius 1 is 1.18 bits per heavy atom. The standard InChI is InChI=1S/C30H37F3N6O5S/c1-4-19-6-5-11-39(19)17-23-25(18-7-8-22(43-2)20(14-18)30(31,32)33)36-28(45-23)37-26(40)21-15-35-24(16-34-21)38-12-9-29(44-3,10-13-38)27(41)42/h7-8,14-16,19,28,36H,4-6,9-13,17H2,1-3H3,(H,37,40)(H,41,42). The van der Waals surface area contributed by atoms with E-state index in [1.165, 1.54) is 44.4 Å². The fraction of sp³-hybridized carbons (Fsp3) is 0.533. The molecule has 244 valence electrons. The number of hydrogen-bond donors (Lipinski definition) is 3. The van der Waals surface area contributed by atoms with Gasteiger partial charge in [-0.1, -0.05) is 18.7 Å². The first-order chi connectivity index (χ1) is 21.5. The van der Waals surface area contributed by atoms with Crippen molar-refractivity contribution in [1.82, 2.24) is 25.5 Å². The van der Waals surface area contributed by atoms with Crippen LogP contribution in [0.15, 0.2) is 35.5 Å². The summed E-state index contributed by atoms with van der Waals surface area (Å²) in [5.74, 6) is -1.25. The largest absolute Gasteiger partial charge is 0.496 e. The molecule has 3 aliphatic rings. The summed E-state index contributed by atoms with van der Waals surface area (Å²) in [5, 5.41) is 15.6. The maximum Gasteiger partial charge on any atom is 0.419 e. The number of nitrogens with zero attached hydrogens (tertiary/aromatic N) is 4. The van der Waals surface area contributed by atoms with Gasteiger partial charge in [0.2, 0.25) is 0 Å². The van der Waals surface area contributed by atoms with Crippen molar-refractivity contribution in [2.24, 2.45) is 0 Å². The number of carboxylic acids is 1. The van der Waals surface area contributed by atoms with E-state index < -0.39 is 34.7 Å². The number of carbonyl (C=O) groups excluding carboxylic acids is 1. The van der Waals surface area contributed by atoms with Crippen LogP contribution in [0, 0.1) is 0 Å². The zero-order chi connectivity index (χ0) is 32.4. The number of hydrogen-bond acceptors (Lipinski definition) is 10. The molecule has 0 aliphatic carbocycles. The molecule has 15 heteroatoms. The molecule has 3 aliphatic heterocycles.